The van der Waals surface area contributed by atoms with E-state index in [0.717, 1.165) is 17.9 Å². The van der Waals surface area contributed by atoms with Gasteiger partial charge in [0.2, 0.25) is 5.28 Å². The monoisotopic (exact) mass is 381 g/mol. The zero-order valence-corrected chi connectivity index (χ0v) is 15.9. The number of nitrogens with zero attached hydrogens (tertiary/aromatic N) is 6. The van der Waals surface area contributed by atoms with Crippen LogP contribution in [-0.2, 0) is 13.1 Å². The van der Waals surface area contributed by atoms with Crippen LogP contribution in [0.4, 0.5) is 11.5 Å². The van der Waals surface area contributed by atoms with Gasteiger partial charge < -0.3 is 9.88 Å². The van der Waals surface area contributed by atoms with Gasteiger partial charge in [0.1, 0.15) is 0 Å². The van der Waals surface area contributed by atoms with E-state index < -0.39 is 0 Å². The molecule has 0 aliphatic heterocycles. The second-order valence-corrected chi connectivity index (χ2v) is 7.18. The molecule has 3 heterocycles. The van der Waals surface area contributed by atoms with Gasteiger partial charge in [0, 0.05) is 12.7 Å². The van der Waals surface area contributed by atoms with Gasteiger partial charge in [0.15, 0.2) is 17.0 Å². The fraction of sp³-hybridized carbons (Fsp3) is 0.263. The molecular formula is C19H20ClN7. The summed E-state index contributed by atoms with van der Waals surface area (Å²) < 4.78 is 3.87. The summed E-state index contributed by atoms with van der Waals surface area (Å²) in [7, 11) is 0. The maximum atomic E-state index is 6.14. The van der Waals surface area contributed by atoms with Crippen LogP contribution < -0.4 is 5.32 Å². The van der Waals surface area contributed by atoms with Crippen LogP contribution >= 0.6 is 11.6 Å². The molecule has 0 saturated carbocycles. The number of fused-ring (bicyclic) bond motifs is 1. The Morgan fingerprint density at radius 3 is 2.74 bits per heavy atom. The highest BCUT2D eigenvalue weighted by atomic mass is 35.5. The molecule has 0 spiro atoms. The smallest absolute Gasteiger partial charge is 0.226 e. The van der Waals surface area contributed by atoms with E-state index in [2.05, 4.69) is 51.3 Å². The number of aromatic nitrogens is 6. The molecule has 1 N–H and O–H groups in total. The minimum absolute atomic E-state index is 0.187. The Kier molecular flexibility index (Phi) is 4.77. The minimum Gasteiger partial charge on any atom is -0.336 e. The molecule has 0 aliphatic rings. The van der Waals surface area contributed by atoms with Crippen LogP contribution in [0.25, 0.3) is 11.2 Å². The molecule has 1 aromatic carbocycles. The molecule has 8 heteroatoms. The molecule has 0 atom stereocenters. The number of benzene rings is 1. The minimum atomic E-state index is 0.187. The SMILES string of the molecule is CC(C)Cn1cnc2c(Nc3cnn(Cc4ccccc4)c3)nc(Cl)nc21. The van der Waals surface area contributed by atoms with Crippen molar-refractivity contribution in [3.8, 4) is 0 Å². The van der Waals surface area contributed by atoms with Gasteiger partial charge in [-0.15, -0.1) is 0 Å². The lowest BCUT2D eigenvalue weighted by Gasteiger charge is -2.08. The van der Waals surface area contributed by atoms with Crippen molar-refractivity contribution in [3.05, 3.63) is 59.9 Å². The summed E-state index contributed by atoms with van der Waals surface area (Å²) in [6.45, 7) is 5.81. The number of rotatable bonds is 6. The lowest BCUT2D eigenvalue weighted by atomic mass is 10.2. The van der Waals surface area contributed by atoms with Crippen molar-refractivity contribution < 1.29 is 0 Å². The standard InChI is InChI=1S/C19H20ClN7/c1-13(2)9-26-12-21-16-17(24-19(20)25-18(16)26)23-15-8-22-27(11-15)10-14-6-4-3-5-7-14/h3-8,11-13H,9-10H2,1-2H3,(H,23,24,25). The summed E-state index contributed by atoms with van der Waals surface area (Å²) >= 11 is 6.14. The Hall–Kier alpha value is -2.93. The van der Waals surface area contributed by atoms with Gasteiger partial charge in [-0.25, -0.2) is 4.98 Å². The highest BCUT2D eigenvalue weighted by molar-refractivity contribution is 6.28. The molecule has 0 radical (unpaired) electrons. The number of anilines is 2. The molecule has 7 nitrogen and oxygen atoms in total. The second kappa shape index (κ2) is 7.36. The van der Waals surface area contributed by atoms with Gasteiger partial charge >= 0.3 is 0 Å². The summed E-state index contributed by atoms with van der Waals surface area (Å²) in [5, 5.41) is 7.86. The normalized spacial score (nSPS) is 11.4. The number of hydrogen-bond acceptors (Lipinski definition) is 5. The highest BCUT2D eigenvalue weighted by Crippen LogP contribution is 2.24. The molecule has 138 valence electrons. The van der Waals surface area contributed by atoms with E-state index in [4.69, 9.17) is 11.6 Å². The Morgan fingerprint density at radius 2 is 1.96 bits per heavy atom. The topological polar surface area (TPSA) is 73.5 Å². The summed E-state index contributed by atoms with van der Waals surface area (Å²) in [4.78, 5) is 13.1. The first-order chi connectivity index (χ1) is 13.1. The zero-order chi connectivity index (χ0) is 18.8. The third kappa shape index (κ3) is 3.93. The van der Waals surface area contributed by atoms with E-state index in [1.54, 1.807) is 12.5 Å². The number of halogens is 1. The Bertz CT molecular complexity index is 1050. The first-order valence-corrected chi connectivity index (χ1v) is 9.18. The number of nitrogens with one attached hydrogen (secondary N) is 1. The van der Waals surface area contributed by atoms with Crippen LogP contribution in [0, 0.1) is 5.92 Å². The van der Waals surface area contributed by atoms with Gasteiger partial charge in [0.25, 0.3) is 0 Å². The second-order valence-electron chi connectivity index (χ2n) is 6.84. The van der Waals surface area contributed by atoms with Gasteiger partial charge in [-0.2, -0.15) is 15.1 Å². The molecule has 0 amide bonds. The van der Waals surface area contributed by atoms with Crippen molar-refractivity contribution in [1.29, 1.82) is 0 Å². The molecule has 0 fully saturated rings. The molecule has 0 aliphatic carbocycles. The number of imidazole rings is 1. The van der Waals surface area contributed by atoms with E-state index in [-0.39, 0.29) is 5.28 Å². The lowest BCUT2D eigenvalue weighted by Crippen LogP contribution is -2.05. The third-order valence-corrected chi connectivity index (χ3v) is 4.25. The van der Waals surface area contributed by atoms with Crippen molar-refractivity contribution in [2.24, 2.45) is 5.92 Å². The van der Waals surface area contributed by atoms with Crippen LogP contribution in [0.2, 0.25) is 5.28 Å². The molecule has 4 rings (SSSR count). The summed E-state index contributed by atoms with van der Waals surface area (Å²) in [5.74, 6) is 1.05. The third-order valence-electron chi connectivity index (χ3n) is 4.08. The van der Waals surface area contributed by atoms with Gasteiger partial charge in [0.05, 0.1) is 24.8 Å². The van der Waals surface area contributed by atoms with Gasteiger partial charge in [-0.3, -0.25) is 4.68 Å². The van der Waals surface area contributed by atoms with E-state index in [0.29, 0.717) is 23.8 Å². The predicted octanol–water partition coefficient (Wildman–Crippen LogP) is 4.12. The number of hydrogen-bond donors (Lipinski definition) is 1. The van der Waals surface area contributed by atoms with Crippen molar-refractivity contribution in [3.63, 3.8) is 0 Å². The van der Waals surface area contributed by atoms with Crippen LogP contribution in [0.5, 0.6) is 0 Å². The summed E-state index contributed by atoms with van der Waals surface area (Å²) in [6, 6.07) is 10.2. The quantitative estimate of drug-likeness (QED) is 0.508. The summed E-state index contributed by atoms with van der Waals surface area (Å²) in [5.41, 5.74) is 3.42. The largest absolute Gasteiger partial charge is 0.336 e. The lowest BCUT2D eigenvalue weighted by molar-refractivity contribution is 0.530. The van der Waals surface area contributed by atoms with E-state index in [9.17, 15) is 0 Å². The Labute approximate surface area is 162 Å². The first-order valence-electron chi connectivity index (χ1n) is 8.80. The van der Waals surface area contributed by atoms with Gasteiger partial charge in [-0.1, -0.05) is 44.2 Å². The van der Waals surface area contributed by atoms with Crippen LogP contribution in [0.15, 0.2) is 49.1 Å². The summed E-state index contributed by atoms with van der Waals surface area (Å²) in [6.07, 6.45) is 5.47. The zero-order valence-electron chi connectivity index (χ0n) is 15.2. The van der Waals surface area contributed by atoms with Gasteiger partial charge in [-0.05, 0) is 23.1 Å². The molecule has 0 bridgehead atoms. The van der Waals surface area contributed by atoms with E-state index in [1.807, 2.05) is 33.6 Å². The fourth-order valence-corrected chi connectivity index (χ4v) is 3.12. The predicted molar refractivity (Wildman–Crippen MR) is 106 cm³/mol. The van der Waals surface area contributed by atoms with Crippen LogP contribution in [0.1, 0.15) is 19.4 Å². The van der Waals surface area contributed by atoms with E-state index in [1.165, 1.54) is 5.56 Å². The average Bonchev–Trinajstić information content (AvgIpc) is 3.23. The highest BCUT2D eigenvalue weighted by Gasteiger charge is 2.14. The fourth-order valence-electron chi connectivity index (χ4n) is 2.95. The van der Waals surface area contributed by atoms with E-state index >= 15 is 0 Å². The Morgan fingerprint density at radius 1 is 1.15 bits per heavy atom. The van der Waals surface area contributed by atoms with Crippen LogP contribution in [0.3, 0.4) is 0 Å². The Balaban J connectivity index is 1.59. The van der Waals surface area contributed by atoms with Crippen molar-refractivity contribution in [2.75, 3.05) is 5.32 Å². The molecule has 0 unspecified atom stereocenters. The first kappa shape index (κ1) is 17.5. The van der Waals surface area contributed by atoms with Crippen LogP contribution in [-0.4, -0.2) is 29.3 Å². The average molecular weight is 382 g/mol. The molecule has 27 heavy (non-hydrogen) atoms. The maximum absolute atomic E-state index is 6.14. The maximum Gasteiger partial charge on any atom is 0.226 e. The molecule has 4 aromatic rings. The molecule has 3 aromatic heterocycles. The van der Waals surface area contributed by atoms with Crippen molar-refractivity contribution >= 4 is 34.3 Å². The molecular weight excluding hydrogens is 362 g/mol. The molecule has 0 saturated heterocycles. The van der Waals surface area contributed by atoms with Crippen molar-refractivity contribution in [1.82, 2.24) is 29.3 Å². The van der Waals surface area contributed by atoms with Crippen molar-refractivity contribution in [2.45, 2.75) is 26.9 Å².